The number of hydrogen-bond donors (Lipinski definition) is 1. The number of aromatic nitrogens is 2. The number of ether oxygens (including phenoxy) is 1. The largest absolute Gasteiger partial charge is 0.492 e. The second kappa shape index (κ2) is 7.66. The molecule has 1 amide bonds. The van der Waals surface area contributed by atoms with Gasteiger partial charge in [-0.15, -0.1) is 0 Å². The topological polar surface area (TPSA) is 56.1 Å². The molecule has 0 unspecified atom stereocenters. The second-order valence-corrected chi connectivity index (χ2v) is 5.85. The van der Waals surface area contributed by atoms with Gasteiger partial charge in [-0.1, -0.05) is 17.7 Å². The Kier molecular flexibility index (Phi) is 5.14. The molecule has 3 rings (SSSR count). The fraction of sp³-hybridized carbons (Fsp3) is 0.200. The van der Waals surface area contributed by atoms with Crippen LogP contribution >= 0.6 is 0 Å². The summed E-state index contributed by atoms with van der Waals surface area (Å²) >= 11 is 0. The third-order valence-electron chi connectivity index (χ3n) is 3.88. The third-order valence-corrected chi connectivity index (χ3v) is 3.88. The maximum atomic E-state index is 12.2. The van der Waals surface area contributed by atoms with Crippen molar-refractivity contribution >= 4 is 5.91 Å². The molecule has 1 heterocycles. The van der Waals surface area contributed by atoms with Crippen molar-refractivity contribution in [1.82, 2.24) is 15.1 Å². The highest BCUT2D eigenvalue weighted by Crippen LogP contribution is 2.12. The molecular formula is C20H21N3O2. The third kappa shape index (κ3) is 4.26. The molecule has 2 aromatic carbocycles. The van der Waals surface area contributed by atoms with Gasteiger partial charge in [-0.2, -0.15) is 5.10 Å². The molecule has 5 heteroatoms. The van der Waals surface area contributed by atoms with Gasteiger partial charge in [-0.05, 0) is 56.3 Å². The summed E-state index contributed by atoms with van der Waals surface area (Å²) < 4.78 is 7.43. The van der Waals surface area contributed by atoms with E-state index in [1.807, 2.05) is 61.0 Å². The maximum absolute atomic E-state index is 12.2. The molecular weight excluding hydrogens is 314 g/mol. The summed E-state index contributed by atoms with van der Waals surface area (Å²) in [5.41, 5.74) is 3.78. The Morgan fingerprint density at radius 1 is 1.04 bits per heavy atom. The first-order valence-corrected chi connectivity index (χ1v) is 8.22. The zero-order valence-corrected chi connectivity index (χ0v) is 14.4. The Morgan fingerprint density at radius 2 is 1.76 bits per heavy atom. The van der Waals surface area contributed by atoms with Crippen molar-refractivity contribution in [3.63, 3.8) is 0 Å². The van der Waals surface area contributed by atoms with E-state index in [0.717, 1.165) is 17.1 Å². The number of benzene rings is 2. The van der Waals surface area contributed by atoms with Crippen LogP contribution < -0.4 is 10.1 Å². The summed E-state index contributed by atoms with van der Waals surface area (Å²) in [6.07, 6.45) is 1.75. The molecule has 128 valence electrons. The van der Waals surface area contributed by atoms with Gasteiger partial charge in [0, 0.05) is 17.5 Å². The van der Waals surface area contributed by atoms with Crippen LogP contribution in [0.2, 0.25) is 0 Å². The van der Waals surface area contributed by atoms with Crippen LogP contribution in [0.4, 0.5) is 0 Å². The number of carbonyl (C=O) groups excluding carboxylic acids is 1. The van der Waals surface area contributed by atoms with Crippen LogP contribution in [0.15, 0.2) is 60.8 Å². The van der Waals surface area contributed by atoms with E-state index in [-0.39, 0.29) is 5.91 Å². The zero-order chi connectivity index (χ0) is 17.6. The quantitative estimate of drug-likeness (QED) is 0.703. The molecule has 0 spiro atoms. The molecule has 0 radical (unpaired) electrons. The molecule has 25 heavy (non-hydrogen) atoms. The molecule has 1 aromatic heterocycles. The van der Waals surface area contributed by atoms with Gasteiger partial charge in [-0.3, -0.25) is 4.79 Å². The minimum absolute atomic E-state index is 0.115. The van der Waals surface area contributed by atoms with Crippen LogP contribution in [-0.4, -0.2) is 28.8 Å². The minimum Gasteiger partial charge on any atom is -0.492 e. The minimum atomic E-state index is -0.115. The lowest BCUT2D eigenvalue weighted by Crippen LogP contribution is -2.28. The standard InChI is InChI=1S/C20H21N3O2/c1-15-3-9-19(10-4-15)25-14-13-21-20(24)17-5-7-18(8-6-17)23-16(2)11-12-22-23/h3-12H,13-14H2,1-2H3,(H,21,24). The lowest BCUT2D eigenvalue weighted by atomic mass is 10.2. The Bertz CT molecular complexity index is 836. The van der Waals surface area contributed by atoms with Crippen molar-refractivity contribution in [2.75, 3.05) is 13.2 Å². The smallest absolute Gasteiger partial charge is 0.251 e. The van der Waals surface area contributed by atoms with Crippen molar-refractivity contribution in [3.8, 4) is 11.4 Å². The molecule has 0 saturated carbocycles. The molecule has 5 nitrogen and oxygen atoms in total. The van der Waals surface area contributed by atoms with E-state index in [9.17, 15) is 4.79 Å². The van der Waals surface area contributed by atoms with Gasteiger partial charge in [-0.25, -0.2) is 4.68 Å². The zero-order valence-electron chi connectivity index (χ0n) is 14.4. The number of nitrogens with one attached hydrogen (secondary N) is 1. The Balaban J connectivity index is 1.50. The van der Waals surface area contributed by atoms with Gasteiger partial charge in [0.2, 0.25) is 0 Å². The fourth-order valence-electron chi connectivity index (χ4n) is 2.46. The molecule has 0 aliphatic rings. The van der Waals surface area contributed by atoms with E-state index < -0.39 is 0 Å². The predicted octanol–water partition coefficient (Wildman–Crippen LogP) is 3.30. The summed E-state index contributed by atoms with van der Waals surface area (Å²) in [4.78, 5) is 12.2. The Hall–Kier alpha value is -3.08. The van der Waals surface area contributed by atoms with E-state index in [1.165, 1.54) is 5.56 Å². The molecule has 0 fully saturated rings. The van der Waals surface area contributed by atoms with Crippen LogP contribution in [0.5, 0.6) is 5.75 Å². The summed E-state index contributed by atoms with van der Waals surface area (Å²) in [5.74, 6) is 0.690. The van der Waals surface area contributed by atoms with Gasteiger partial charge in [0.1, 0.15) is 12.4 Å². The second-order valence-electron chi connectivity index (χ2n) is 5.85. The molecule has 0 aliphatic carbocycles. The average molecular weight is 335 g/mol. The van der Waals surface area contributed by atoms with Crippen LogP contribution in [0.1, 0.15) is 21.6 Å². The number of aryl methyl sites for hydroxylation is 2. The molecule has 0 aliphatic heterocycles. The van der Waals surface area contributed by atoms with Gasteiger partial charge < -0.3 is 10.1 Å². The Labute approximate surface area is 147 Å². The van der Waals surface area contributed by atoms with Crippen molar-refractivity contribution in [3.05, 3.63) is 77.6 Å². The van der Waals surface area contributed by atoms with E-state index >= 15 is 0 Å². The first kappa shape index (κ1) is 16.8. The molecule has 1 N–H and O–H groups in total. The van der Waals surface area contributed by atoms with Gasteiger partial charge >= 0.3 is 0 Å². The molecule has 3 aromatic rings. The van der Waals surface area contributed by atoms with Gasteiger partial charge in [0.05, 0.1) is 12.2 Å². The van der Waals surface area contributed by atoms with Crippen molar-refractivity contribution in [1.29, 1.82) is 0 Å². The maximum Gasteiger partial charge on any atom is 0.251 e. The number of nitrogens with zero attached hydrogens (tertiary/aromatic N) is 2. The number of rotatable bonds is 6. The summed E-state index contributed by atoms with van der Waals surface area (Å²) in [7, 11) is 0. The lowest BCUT2D eigenvalue weighted by molar-refractivity contribution is 0.0947. The molecule has 0 bridgehead atoms. The van der Waals surface area contributed by atoms with Crippen LogP contribution in [-0.2, 0) is 0 Å². The van der Waals surface area contributed by atoms with Crippen molar-refractivity contribution < 1.29 is 9.53 Å². The summed E-state index contributed by atoms with van der Waals surface area (Å²) in [6.45, 7) is 4.90. The SMILES string of the molecule is Cc1ccc(OCCNC(=O)c2ccc(-n3nccc3C)cc2)cc1. The summed E-state index contributed by atoms with van der Waals surface area (Å²) in [5, 5.41) is 7.11. The predicted molar refractivity (Wildman–Crippen MR) is 97.3 cm³/mol. The monoisotopic (exact) mass is 335 g/mol. The number of hydrogen-bond acceptors (Lipinski definition) is 3. The highest BCUT2D eigenvalue weighted by atomic mass is 16.5. The van der Waals surface area contributed by atoms with E-state index in [1.54, 1.807) is 18.3 Å². The van der Waals surface area contributed by atoms with Gasteiger partial charge in [0.25, 0.3) is 5.91 Å². The van der Waals surface area contributed by atoms with E-state index in [4.69, 9.17) is 4.74 Å². The summed E-state index contributed by atoms with van der Waals surface area (Å²) in [6, 6.07) is 17.2. The van der Waals surface area contributed by atoms with Crippen molar-refractivity contribution in [2.24, 2.45) is 0 Å². The number of carbonyl (C=O) groups is 1. The first-order chi connectivity index (χ1) is 12.1. The highest BCUT2D eigenvalue weighted by Gasteiger charge is 2.06. The first-order valence-electron chi connectivity index (χ1n) is 8.22. The van der Waals surface area contributed by atoms with Crippen LogP contribution in [0.3, 0.4) is 0 Å². The molecule has 0 atom stereocenters. The lowest BCUT2D eigenvalue weighted by Gasteiger charge is -2.09. The van der Waals surface area contributed by atoms with E-state index in [0.29, 0.717) is 18.7 Å². The molecule has 0 saturated heterocycles. The fourth-order valence-corrected chi connectivity index (χ4v) is 2.46. The Morgan fingerprint density at radius 3 is 2.40 bits per heavy atom. The van der Waals surface area contributed by atoms with Gasteiger partial charge in [0.15, 0.2) is 0 Å². The highest BCUT2D eigenvalue weighted by molar-refractivity contribution is 5.94. The van der Waals surface area contributed by atoms with Crippen LogP contribution in [0, 0.1) is 13.8 Å². The normalized spacial score (nSPS) is 10.5. The van der Waals surface area contributed by atoms with E-state index in [2.05, 4.69) is 10.4 Å². The number of amides is 1. The average Bonchev–Trinajstić information content (AvgIpc) is 3.06. The van der Waals surface area contributed by atoms with Crippen LogP contribution in [0.25, 0.3) is 5.69 Å². The van der Waals surface area contributed by atoms with Crippen molar-refractivity contribution in [2.45, 2.75) is 13.8 Å².